The Labute approximate surface area is 77.1 Å². The quantitative estimate of drug-likeness (QED) is 0.623. The van der Waals surface area contributed by atoms with E-state index in [1.165, 1.54) is 51.6 Å². The molecule has 0 atom stereocenters. The van der Waals surface area contributed by atoms with E-state index in [4.69, 9.17) is 0 Å². The van der Waals surface area contributed by atoms with Crippen molar-refractivity contribution in [3.8, 4) is 0 Å². The van der Waals surface area contributed by atoms with Gasteiger partial charge in [0.05, 0.1) is 0 Å². The molecule has 12 heavy (non-hydrogen) atoms. The molecule has 0 unspecified atom stereocenters. The van der Waals surface area contributed by atoms with Crippen LogP contribution in [0.25, 0.3) is 0 Å². The Bertz CT molecular complexity index is 103. The van der Waals surface area contributed by atoms with Crippen LogP contribution < -0.4 is 0 Å². The van der Waals surface area contributed by atoms with Crippen molar-refractivity contribution in [2.24, 2.45) is 0 Å². The van der Waals surface area contributed by atoms with Gasteiger partial charge in [-0.3, -0.25) is 4.90 Å². The van der Waals surface area contributed by atoms with Crippen LogP contribution in [0.5, 0.6) is 0 Å². The smallest absolute Gasteiger partial charge is 0.0390 e. The van der Waals surface area contributed by atoms with Crippen molar-refractivity contribution in [3.05, 3.63) is 6.04 Å². The fourth-order valence-electron chi connectivity index (χ4n) is 2.06. The second kappa shape index (κ2) is 5.58. The van der Waals surface area contributed by atoms with Gasteiger partial charge in [0, 0.05) is 6.04 Å². The van der Waals surface area contributed by atoms with Gasteiger partial charge in [0.1, 0.15) is 0 Å². The lowest BCUT2D eigenvalue weighted by atomic mass is 10.0. The van der Waals surface area contributed by atoms with Crippen LogP contribution in [0.4, 0.5) is 0 Å². The fourth-order valence-corrected chi connectivity index (χ4v) is 2.06. The van der Waals surface area contributed by atoms with E-state index in [-0.39, 0.29) is 0 Å². The summed E-state index contributed by atoms with van der Waals surface area (Å²) in [6.45, 7) is 7.21. The predicted octanol–water partition coefficient (Wildman–Crippen LogP) is 3.21. The van der Waals surface area contributed by atoms with Gasteiger partial charge >= 0.3 is 0 Å². The Morgan fingerprint density at radius 1 is 1.08 bits per heavy atom. The molecule has 0 saturated carbocycles. The van der Waals surface area contributed by atoms with Crippen molar-refractivity contribution < 1.29 is 0 Å². The highest BCUT2D eigenvalue weighted by atomic mass is 15.2. The van der Waals surface area contributed by atoms with Crippen LogP contribution >= 0.6 is 0 Å². The van der Waals surface area contributed by atoms with Crippen molar-refractivity contribution in [3.63, 3.8) is 0 Å². The first kappa shape index (κ1) is 10.0. The van der Waals surface area contributed by atoms with Crippen LogP contribution in [0, 0.1) is 6.04 Å². The van der Waals surface area contributed by atoms with E-state index in [0.29, 0.717) is 0 Å². The second-order valence-corrected chi connectivity index (χ2v) is 3.72. The van der Waals surface area contributed by atoms with E-state index < -0.39 is 0 Å². The summed E-state index contributed by atoms with van der Waals surface area (Å²) >= 11 is 0. The van der Waals surface area contributed by atoms with Gasteiger partial charge in [0.2, 0.25) is 0 Å². The molecule has 0 aliphatic carbocycles. The molecule has 0 aromatic carbocycles. The van der Waals surface area contributed by atoms with Crippen molar-refractivity contribution in [2.75, 3.05) is 13.1 Å². The maximum absolute atomic E-state index is 2.62. The van der Waals surface area contributed by atoms with Gasteiger partial charge in [-0.25, -0.2) is 0 Å². The van der Waals surface area contributed by atoms with Gasteiger partial charge in [-0.05, 0) is 38.8 Å². The lowest BCUT2D eigenvalue weighted by Gasteiger charge is -2.33. The van der Waals surface area contributed by atoms with Gasteiger partial charge in [-0.2, -0.15) is 0 Å². The molecule has 1 rings (SSSR count). The zero-order valence-corrected chi connectivity index (χ0v) is 8.60. The molecule has 1 saturated heterocycles. The highest BCUT2D eigenvalue weighted by Gasteiger charge is 2.18. The molecule has 0 aromatic heterocycles. The molecular formula is C11H22N. The number of hydrogen-bond donors (Lipinski definition) is 0. The topological polar surface area (TPSA) is 3.24 Å². The minimum atomic E-state index is 1.26. The second-order valence-electron chi connectivity index (χ2n) is 3.72. The maximum atomic E-state index is 2.62. The van der Waals surface area contributed by atoms with Crippen LogP contribution in [0.2, 0.25) is 0 Å². The Balaban J connectivity index is 2.29. The van der Waals surface area contributed by atoms with E-state index in [1.54, 1.807) is 6.04 Å². The summed E-state index contributed by atoms with van der Waals surface area (Å²) in [7, 11) is 0. The zero-order valence-electron chi connectivity index (χ0n) is 8.60. The number of rotatable bonds is 4. The molecule has 1 aliphatic rings. The van der Waals surface area contributed by atoms with Gasteiger partial charge < -0.3 is 0 Å². The predicted molar refractivity (Wildman–Crippen MR) is 53.9 cm³/mol. The van der Waals surface area contributed by atoms with E-state index in [0.717, 1.165) is 0 Å². The highest BCUT2D eigenvalue weighted by Crippen LogP contribution is 2.23. The number of piperidine rings is 1. The molecule has 1 fully saturated rings. The molecule has 0 spiro atoms. The number of likely N-dealkylation sites (tertiary alicyclic amines) is 1. The lowest BCUT2D eigenvalue weighted by Crippen LogP contribution is -2.33. The van der Waals surface area contributed by atoms with Crippen LogP contribution in [-0.4, -0.2) is 18.0 Å². The first-order valence-electron chi connectivity index (χ1n) is 5.48. The molecule has 1 radical (unpaired) electrons. The Morgan fingerprint density at radius 3 is 2.25 bits per heavy atom. The number of hydrogen-bond acceptors (Lipinski definition) is 1. The lowest BCUT2D eigenvalue weighted by molar-refractivity contribution is 0.220. The van der Waals surface area contributed by atoms with E-state index in [1.807, 2.05) is 0 Å². The molecular weight excluding hydrogens is 146 g/mol. The largest absolute Gasteiger partial charge is 0.296 e. The molecule has 1 nitrogen and oxygen atoms in total. The molecule has 1 heteroatoms. The third-order valence-corrected chi connectivity index (χ3v) is 2.75. The van der Waals surface area contributed by atoms with Crippen LogP contribution in [0.1, 0.15) is 52.4 Å². The van der Waals surface area contributed by atoms with E-state index >= 15 is 0 Å². The van der Waals surface area contributed by atoms with Crippen LogP contribution in [0.3, 0.4) is 0 Å². The Morgan fingerprint density at radius 2 is 1.75 bits per heavy atom. The minimum absolute atomic E-state index is 1.26. The van der Waals surface area contributed by atoms with Gasteiger partial charge in [-0.15, -0.1) is 0 Å². The summed E-state index contributed by atoms with van der Waals surface area (Å²) < 4.78 is 0. The normalized spacial score (nSPS) is 20.2. The first-order valence-corrected chi connectivity index (χ1v) is 5.48. The summed E-state index contributed by atoms with van der Waals surface area (Å²) in [6.07, 6.45) is 8.14. The highest BCUT2D eigenvalue weighted by molar-refractivity contribution is 4.89. The third-order valence-electron chi connectivity index (χ3n) is 2.75. The monoisotopic (exact) mass is 168 g/mol. The summed E-state index contributed by atoms with van der Waals surface area (Å²) in [4.78, 5) is 2.62. The molecule has 0 N–H and O–H groups in total. The molecule has 1 aliphatic heterocycles. The molecule has 0 amide bonds. The van der Waals surface area contributed by atoms with Crippen LogP contribution in [0.15, 0.2) is 0 Å². The Hall–Kier alpha value is -0.0400. The maximum Gasteiger partial charge on any atom is 0.0390 e. The van der Waals surface area contributed by atoms with Gasteiger partial charge in [-0.1, -0.05) is 26.7 Å². The van der Waals surface area contributed by atoms with Gasteiger partial charge in [0.25, 0.3) is 0 Å². The van der Waals surface area contributed by atoms with Crippen molar-refractivity contribution in [1.82, 2.24) is 4.90 Å². The molecule has 0 aromatic rings. The Kier molecular flexibility index (Phi) is 4.67. The van der Waals surface area contributed by atoms with Crippen molar-refractivity contribution in [1.29, 1.82) is 0 Å². The molecule has 0 bridgehead atoms. The molecule has 1 heterocycles. The standard InChI is InChI=1S/C11H22N/c1-3-8-11(4-2)12-9-6-5-7-10-12/h3-10H2,1-2H3. The first-order chi connectivity index (χ1) is 5.88. The summed E-state index contributed by atoms with van der Waals surface area (Å²) in [6, 6.07) is 1.69. The third kappa shape index (κ3) is 2.78. The van der Waals surface area contributed by atoms with Gasteiger partial charge in [0.15, 0.2) is 0 Å². The SMILES string of the molecule is CCC[C](CC)N1CCCCC1. The average Bonchev–Trinajstić information content (AvgIpc) is 2.15. The summed E-state index contributed by atoms with van der Waals surface area (Å²) in [5.74, 6) is 0. The number of nitrogens with zero attached hydrogens (tertiary/aromatic N) is 1. The summed E-state index contributed by atoms with van der Waals surface area (Å²) in [5.41, 5.74) is 0. The fraction of sp³-hybridized carbons (Fsp3) is 0.909. The minimum Gasteiger partial charge on any atom is -0.296 e. The average molecular weight is 168 g/mol. The van der Waals surface area contributed by atoms with Crippen molar-refractivity contribution in [2.45, 2.75) is 52.4 Å². The molecule has 71 valence electrons. The van der Waals surface area contributed by atoms with Crippen molar-refractivity contribution >= 4 is 0 Å². The van der Waals surface area contributed by atoms with E-state index in [2.05, 4.69) is 18.7 Å². The summed E-state index contributed by atoms with van der Waals surface area (Å²) in [5, 5.41) is 0. The van der Waals surface area contributed by atoms with E-state index in [9.17, 15) is 0 Å². The van der Waals surface area contributed by atoms with Crippen LogP contribution in [-0.2, 0) is 0 Å². The zero-order chi connectivity index (χ0) is 8.81.